The Hall–Kier alpha value is -2.58. The summed E-state index contributed by atoms with van der Waals surface area (Å²) in [4.78, 5) is 12.5. The zero-order valence-electron chi connectivity index (χ0n) is 14.4. The highest BCUT2D eigenvalue weighted by Gasteiger charge is 2.27. The van der Waals surface area contributed by atoms with E-state index >= 15 is 0 Å². The number of esters is 1. The van der Waals surface area contributed by atoms with E-state index < -0.39 is 27.9 Å². The molecule has 0 spiro atoms. The number of halogens is 2. The van der Waals surface area contributed by atoms with Crippen LogP contribution in [-0.2, 0) is 19.6 Å². The van der Waals surface area contributed by atoms with Crippen molar-refractivity contribution in [2.45, 2.75) is 6.04 Å². The first-order valence-electron chi connectivity index (χ1n) is 7.81. The van der Waals surface area contributed by atoms with E-state index in [9.17, 15) is 17.6 Å². The molecule has 0 radical (unpaired) electrons. The normalized spacial score (nSPS) is 12.7. The minimum atomic E-state index is -3.48. The number of carbonyl (C=O) groups is 1. The van der Waals surface area contributed by atoms with E-state index in [0.29, 0.717) is 22.2 Å². The summed E-state index contributed by atoms with van der Waals surface area (Å²) in [6, 6.07) is 9.47. The van der Waals surface area contributed by atoms with Gasteiger partial charge in [0, 0.05) is 22.2 Å². The second-order valence-electron chi connectivity index (χ2n) is 5.93. The Kier molecular flexibility index (Phi) is 5.12. The van der Waals surface area contributed by atoms with Gasteiger partial charge in [0.2, 0.25) is 10.0 Å². The predicted octanol–water partition coefficient (Wildman–Crippen LogP) is 3.57. The first kappa shape index (κ1) is 19.2. The van der Waals surface area contributed by atoms with Gasteiger partial charge in [0.05, 0.1) is 24.6 Å². The lowest BCUT2D eigenvalue weighted by Crippen LogP contribution is -2.22. The van der Waals surface area contributed by atoms with Crippen LogP contribution in [0.1, 0.15) is 11.6 Å². The number of methoxy groups -OCH3 is 1. The molecule has 9 heteroatoms. The quantitative estimate of drug-likeness (QED) is 0.652. The van der Waals surface area contributed by atoms with Gasteiger partial charge in [-0.2, -0.15) is 0 Å². The van der Waals surface area contributed by atoms with Crippen LogP contribution in [-0.4, -0.2) is 32.3 Å². The van der Waals surface area contributed by atoms with Crippen LogP contribution in [0.4, 0.5) is 10.1 Å². The zero-order chi connectivity index (χ0) is 19.8. The molecule has 6 nitrogen and oxygen atoms in total. The molecule has 0 aliphatic heterocycles. The second-order valence-corrected chi connectivity index (χ2v) is 8.08. The highest BCUT2D eigenvalue weighted by molar-refractivity contribution is 7.92. The molecule has 1 atom stereocenters. The largest absolute Gasteiger partial charge is 0.467 e. The molecule has 0 amide bonds. The highest BCUT2D eigenvalue weighted by Crippen LogP contribution is 2.33. The first-order valence-corrected chi connectivity index (χ1v) is 10.1. The number of ether oxygens (including phenoxy) is 1. The van der Waals surface area contributed by atoms with Crippen LogP contribution in [0, 0.1) is 5.82 Å². The van der Waals surface area contributed by atoms with E-state index in [4.69, 9.17) is 16.3 Å². The lowest BCUT2D eigenvalue weighted by Gasteiger charge is -2.20. The van der Waals surface area contributed by atoms with E-state index in [1.54, 1.807) is 35.0 Å². The maximum Gasteiger partial charge on any atom is 0.333 e. The third-order valence-corrected chi connectivity index (χ3v) is 4.94. The summed E-state index contributed by atoms with van der Waals surface area (Å²) in [5, 5.41) is 0.674. The SMILES string of the molecule is COC(=O)C(c1ccc(F)cc1Cl)n1ccc2c(NS(C)(=O)=O)cccc21. The van der Waals surface area contributed by atoms with Gasteiger partial charge in [-0.15, -0.1) is 0 Å². The molecule has 0 bridgehead atoms. The number of carbonyl (C=O) groups excluding carboxylic acids is 1. The third kappa shape index (κ3) is 3.91. The monoisotopic (exact) mass is 410 g/mol. The highest BCUT2D eigenvalue weighted by atomic mass is 35.5. The number of fused-ring (bicyclic) bond motifs is 1. The Balaban J connectivity index is 2.20. The molecular weight excluding hydrogens is 395 g/mol. The molecule has 0 aliphatic rings. The molecule has 0 fully saturated rings. The molecular formula is C18H16ClFN2O4S. The maximum atomic E-state index is 13.4. The fourth-order valence-corrected chi connectivity index (χ4v) is 3.78. The minimum Gasteiger partial charge on any atom is -0.467 e. The van der Waals surface area contributed by atoms with Gasteiger partial charge in [0.15, 0.2) is 6.04 Å². The van der Waals surface area contributed by atoms with Gasteiger partial charge in [0.25, 0.3) is 0 Å². The molecule has 1 N–H and O–H groups in total. The molecule has 1 heterocycles. The fourth-order valence-electron chi connectivity index (χ4n) is 2.93. The van der Waals surface area contributed by atoms with Crippen molar-refractivity contribution in [2.24, 2.45) is 0 Å². The standard InChI is InChI=1S/C18H16ClFN2O4S/c1-26-18(23)17(12-7-6-11(20)10-14(12)19)22-9-8-13-15(21-27(2,24)25)4-3-5-16(13)22/h3-10,17,21H,1-2H3. The maximum absolute atomic E-state index is 13.4. The number of hydrogen-bond acceptors (Lipinski definition) is 4. The number of anilines is 1. The molecule has 142 valence electrons. The van der Waals surface area contributed by atoms with E-state index in [0.717, 1.165) is 12.3 Å². The summed E-state index contributed by atoms with van der Waals surface area (Å²) in [5.74, 6) is -1.12. The number of aromatic nitrogens is 1. The summed E-state index contributed by atoms with van der Waals surface area (Å²) in [7, 11) is -2.23. The fraction of sp³-hybridized carbons (Fsp3) is 0.167. The number of benzene rings is 2. The molecule has 27 heavy (non-hydrogen) atoms. The molecule has 3 rings (SSSR count). The summed E-state index contributed by atoms with van der Waals surface area (Å²) in [6.45, 7) is 0. The third-order valence-electron chi connectivity index (χ3n) is 4.02. The van der Waals surface area contributed by atoms with E-state index in [1.165, 1.54) is 19.2 Å². The number of sulfonamides is 1. The minimum absolute atomic E-state index is 0.0812. The zero-order valence-corrected chi connectivity index (χ0v) is 16.0. The van der Waals surface area contributed by atoms with Crippen LogP contribution in [0.25, 0.3) is 10.9 Å². The van der Waals surface area contributed by atoms with Crippen LogP contribution in [0.3, 0.4) is 0 Å². The summed E-state index contributed by atoms with van der Waals surface area (Å²) in [5.41, 5.74) is 1.32. The van der Waals surface area contributed by atoms with Crippen LogP contribution >= 0.6 is 11.6 Å². The van der Waals surface area contributed by atoms with Crippen LogP contribution in [0.5, 0.6) is 0 Å². The van der Waals surface area contributed by atoms with Crippen LogP contribution in [0.2, 0.25) is 5.02 Å². The Morgan fingerprint density at radius 3 is 2.63 bits per heavy atom. The van der Waals surface area contributed by atoms with Gasteiger partial charge < -0.3 is 9.30 Å². The van der Waals surface area contributed by atoms with Crippen LogP contribution < -0.4 is 4.72 Å². The van der Waals surface area contributed by atoms with Gasteiger partial charge in [-0.3, -0.25) is 4.72 Å². The first-order chi connectivity index (χ1) is 12.7. The Bertz CT molecular complexity index is 1130. The molecule has 1 aromatic heterocycles. The molecule has 1 unspecified atom stereocenters. The lowest BCUT2D eigenvalue weighted by molar-refractivity contribution is -0.143. The van der Waals surface area contributed by atoms with Crippen molar-refractivity contribution >= 4 is 44.2 Å². The summed E-state index contributed by atoms with van der Waals surface area (Å²) < 4.78 is 45.6. The topological polar surface area (TPSA) is 77.4 Å². The lowest BCUT2D eigenvalue weighted by atomic mass is 10.1. The number of hydrogen-bond donors (Lipinski definition) is 1. The van der Waals surface area contributed by atoms with Crippen LogP contribution in [0.15, 0.2) is 48.7 Å². The van der Waals surface area contributed by atoms with Crippen molar-refractivity contribution in [2.75, 3.05) is 18.1 Å². The average molecular weight is 411 g/mol. The number of nitrogens with one attached hydrogen (secondary N) is 1. The number of nitrogens with zero attached hydrogens (tertiary/aromatic N) is 1. The Labute approximate surface area is 160 Å². The Morgan fingerprint density at radius 1 is 1.26 bits per heavy atom. The Morgan fingerprint density at radius 2 is 2.00 bits per heavy atom. The van der Waals surface area contributed by atoms with Crippen molar-refractivity contribution in [3.8, 4) is 0 Å². The van der Waals surface area contributed by atoms with E-state index in [-0.39, 0.29) is 5.02 Å². The van der Waals surface area contributed by atoms with Crippen molar-refractivity contribution in [1.82, 2.24) is 4.57 Å². The smallest absolute Gasteiger partial charge is 0.333 e. The molecule has 0 aliphatic carbocycles. The summed E-state index contributed by atoms with van der Waals surface area (Å²) >= 11 is 6.16. The van der Waals surface area contributed by atoms with Gasteiger partial charge >= 0.3 is 5.97 Å². The molecule has 3 aromatic rings. The van der Waals surface area contributed by atoms with Gasteiger partial charge in [-0.05, 0) is 30.3 Å². The second kappa shape index (κ2) is 7.21. The number of rotatable bonds is 5. The van der Waals surface area contributed by atoms with Crippen molar-refractivity contribution in [3.05, 3.63) is 65.1 Å². The van der Waals surface area contributed by atoms with Crippen molar-refractivity contribution in [1.29, 1.82) is 0 Å². The summed E-state index contributed by atoms with van der Waals surface area (Å²) in [6.07, 6.45) is 2.68. The molecule has 2 aromatic carbocycles. The van der Waals surface area contributed by atoms with Gasteiger partial charge in [0.1, 0.15) is 5.82 Å². The van der Waals surface area contributed by atoms with Crippen molar-refractivity contribution in [3.63, 3.8) is 0 Å². The van der Waals surface area contributed by atoms with Gasteiger partial charge in [-0.25, -0.2) is 17.6 Å². The molecule has 0 saturated carbocycles. The van der Waals surface area contributed by atoms with Gasteiger partial charge in [-0.1, -0.05) is 23.7 Å². The predicted molar refractivity (Wildman–Crippen MR) is 102 cm³/mol. The average Bonchev–Trinajstić information content (AvgIpc) is 3.00. The van der Waals surface area contributed by atoms with Crippen molar-refractivity contribution < 1.29 is 22.3 Å². The van der Waals surface area contributed by atoms with E-state index in [1.807, 2.05) is 0 Å². The molecule has 0 saturated heterocycles. The van der Waals surface area contributed by atoms with E-state index in [2.05, 4.69) is 4.72 Å².